The molecule has 2 aliphatic heterocycles. The summed E-state index contributed by atoms with van der Waals surface area (Å²) in [6.45, 7) is 2.13. The summed E-state index contributed by atoms with van der Waals surface area (Å²) in [6, 6.07) is 0. The highest BCUT2D eigenvalue weighted by molar-refractivity contribution is 9.11. The van der Waals surface area contributed by atoms with E-state index in [-0.39, 0.29) is 18.3 Å². The van der Waals surface area contributed by atoms with Crippen LogP contribution in [0.2, 0.25) is 0 Å². The summed E-state index contributed by atoms with van der Waals surface area (Å²) in [5.41, 5.74) is 3.01. The van der Waals surface area contributed by atoms with Gasteiger partial charge in [0.1, 0.15) is 0 Å². The van der Waals surface area contributed by atoms with E-state index in [9.17, 15) is 0 Å². The van der Waals surface area contributed by atoms with Crippen molar-refractivity contribution in [3.05, 3.63) is 39.5 Å². The molecule has 0 radical (unpaired) electrons. The molecule has 2 saturated heterocycles. The fraction of sp³-hybridized carbons (Fsp3) is 0.562. The molecular formula is C16H20Br2O2. The zero-order valence-corrected chi connectivity index (χ0v) is 14.8. The smallest absolute Gasteiger partial charge is 0.0871 e. The first-order valence-corrected chi connectivity index (χ1v) is 8.77. The number of ether oxygens (including phenoxy) is 2. The molecule has 4 heteroatoms. The molecule has 0 bridgehead atoms. The zero-order chi connectivity index (χ0) is 14.4. The lowest BCUT2D eigenvalue weighted by atomic mass is 10.1. The van der Waals surface area contributed by atoms with Crippen molar-refractivity contribution in [1.29, 1.82) is 0 Å². The van der Waals surface area contributed by atoms with Crippen LogP contribution >= 0.6 is 31.9 Å². The van der Waals surface area contributed by atoms with Gasteiger partial charge in [0.2, 0.25) is 0 Å². The highest BCUT2D eigenvalue weighted by atomic mass is 79.9. The Morgan fingerprint density at radius 1 is 1.30 bits per heavy atom. The second kappa shape index (κ2) is 8.35. The van der Waals surface area contributed by atoms with Crippen LogP contribution in [0.3, 0.4) is 0 Å². The van der Waals surface area contributed by atoms with Gasteiger partial charge in [0, 0.05) is 17.8 Å². The molecule has 2 fully saturated rings. The molecule has 2 heterocycles. The summed E-state index contributed by atoms with van der Waals surface area (Å²) in [6.07, 6.45) is 13.2. The number of hydrogen-bond acceptors (Lipinski definition) is 2. The van der Waals surface area contributed by atoms with Crippen LogP contribution in [0, 0.1) is 0 Å². The van der Waals surface area contributed by atoms with Crippen LogP contribution in [-0.4, -0.2) is 24.4 Å². The van der Waals surface area contributed by atoms with E-state index < -0.39 is 0 Å². The Balaban J connectivity index is 1.75. The van der Waals surface area contributed by atoms with Gasteiger partial charge in [-0.25, -0.2) is 0 Å². The number of allylic oxidation sites excluding steroid dienone is 3. The Kier molecular flexibility index (Phi) is 6.79. The van der Waals surface area contributed by atoms with E-state index in [0.29, 0.717) is 6.10 Å². The van der Waals surface area contributed by atoms with E-state index in [1.807, 2.05) is 6.08 Å². The Hall–Kier alpha value is -0.120. The summed E-state index contributed by atoms with van der Waals surface area (Å²) in [5, 5.41) is 0. The molecule has 0 aromatic rings. The normalized spacial score (nSPS) is 33.2. The maximum absolute atomic E-state index is 6.05. The lowest BCUT2D eigenvalue weighted by Gasteiger charge is -2.11. The van der Waals surface area contributed by atoms with E-state index in [1.165, 1.54) is 4.48 Å². The lowest BCUT2D eigenvalue weighted by molar-refractivity contribution is 0.0388. The summed E-state index contributed by atoms with van der Waals surface area (Å²) in [7, 11) is 0. The van der Waals surface area contributed by atoms with Crippen molar-refractivity contribution in [3.8, 4) is 0 Å². The van der Waals surface area contributed by atoms with Gasteiger partial charge >= 0.3 is 0 Å². The van der Waals surface area contributed by atoms with Gasteiger partial charge in [-0.1, -0.05) is 57.0 Å². The van der Waals surface area contributed by atoms with Crippen LogP contribution in [0.4, 0.5) is 0 Å². The van der Waals surface area contributed by atoms with E-state index in [2.05, 4.69) is 62.7 Å². The Bertz CT molecular complexity index is 422. The maximum atomic E-state index is 6.05. The average molecular weight is 404 g/mol. The summed E-state index contributed by atoms with van der Waals surface area (Å²) >= 11 is 6.71. The van der Waals surface area contributed by atoms with Crippen LogP contribution in [-0.2, 0) is 9.47 Å². The second-order valence-electron chi connectivity index (χ2n) is 5.05. The van der Waals surface area contributed by atoms with Gasteiger partial charge in [-0.2, -0.15) is 0 Å². The molecule has 2 rings (SSSR count). The molecule has 0 amide bonds. The first kappa shape index (κ1) is 16.3. The summed E-state index contributed by atoms with van der Waals surface area (Å²) in [4.78, 5) is 1.72. The first-order valence-electron chi connectivity index (χ1n) is 7.06. The van der Waals surface area contributed by atoms with Crippen molar-refractivity contribution in [2.45, 2.75) is 57.0 Å². The fourth-order valence-corrected chi connectivity index (χ4v) is 2.89. The SMILES string of the molecule is CC/C(Br)=C\C=C\C[C@@H]1C[C@H]2O[C@H](C=C=CBr)C[C@H]2O1. The predicted octanol–water partition coefficient (Wildman–Crippen LogP) is 5.00. The molecule has 0 unspecified atom stereocenters. The molecule has 110 valence electrons. The van der Waals surface area contributed by atoms with Crippen molar-refractivity contribution in [2.75, 3.05) is 0 Å². The number of halogens is 2. The van der Waals surface area contributed by atoms with E-state index in [4.69, 9.17) is 9.47 Å². The van der Waals surface area contributed by atoms with Gasteiger partial charge < -0.3 is 9.47 Å². The maximum Gasteiger partial charge on any atom is 0.0871 e. The van der Waals surface area contributed by atoms with Crippen LogP contribution in [0.15, 0.2) is 39.5 Å². The molecule has 0 aliphatic carbocycles. The molecule has 0 spiro atoms. The molecule has 0 N–H and O–H groups in total. The predicted molar refractivity (Wildman–Crippen MR) is 89.2 cm³/mol. The summed E-state index contributed by atoms with van der Waals surface area (Å²) in [5.74, 6) is 0. The molecule has 0 saturated carbocycles. The fourth-order valence-electron chi connectivity index (χ4n) is 2.58. The highest BCUT2D eigenvalue weighted by Crippen LogP contribution is 2.35. The zero-order valence-electron chi connectivity index (χ0n) is 11.6. The molecular weight excluding hydrogens is 384 g/mol. The van der Waals surface area contributed by atoms with Crippen LogP contribution in [0.25, 0.3) is 0 Å². The third kappa shape index (κ3) is 4.71. The van der Waals surface area contributed by atoms with Gasteiger partial charge in [-0.3, -0.25) is 0 Å². The molecule has 0 aromatic heterocycles. The minimum absolute atomic E-state index is 0.152. The molecule has 20 heavy (non-hydrogen) atoms. The third-order valence-electron chi connectivity index (χ3n) is 3.59. The van der Waals surface area contributed by atoms with Crippen LogP contribution < -0.4 is 0 Å². The monoisotopic (exact) mass is 402 g/mol. The van der Waals surface area contributed by atoms with Crippen molar-refractivity contribution >= 4 is 31.9 Å². The van der Waals surface area contributed by atoms with Gasteiger partial charge in [0.15, 0.2) is 0 Å². The Morgan fingerprint density at radius 3 is 2.80 bits per heavy atom. The van der Waals surface area contributed by atoms with Crippen LogP contribution in [0.1, 0.15) is 32.6 Å². The van der Waals surface area contributed by atoms with Crippen molar-refractivity contribution < 1.29 is 9.47 Å². The minimum atomic E-state index is 0.152. The molecule has 0 aromatic carbocycles. The number of hydrogen-bond donors (Lipinski definition) is 0. The largest absolute Gasteiger partial charge is 0.372 e. The lowest BCUT2D eigenvalue weighted by Crippen LogP contribution is -2.13. The van der Waals surface area contributed by atoms with Gasteiger partial charge in [-0.15, -0.1) is 5.73 Å². The average Bonchev–Trinajstić information content (AvgIpc) is 2.98. The van der Waals surface area contributed by atoms with Gasteiger partial charge in [0.05, 0.1) is 24.4 Å². The standard InChI is InChI=1S/C16H20Br2O2/c1-2-12(18)6-3-4-7-13-10-15-16(19-13)11-14(20-15)8-5-9-17/h3-4,6,8-9,13-16H,2,7,10-11H2,1H3/b4-3+,12-6+/t5?,13-,14-,15-,16-/m1/s1. The van der Waals surface area contributed by atoms with Crippen molar-refractivity contribution in [2.24, 2.45) is 0 Å². The van der Waals surface area contributed by atoms with Gasteiger partial charge in [-0.05, 0) is 23.4 Å². The summed E-state index contributed by atoms with van der Waals surface area (Å²) < 4.78 is 13.2. The molecule has 4 atom stereocenters. The first-order chi connectivity index (χ1) is 9.72. The highest BCUT2D eigenvalue weighted by Gasteiger charge is 2.42. The van der Waals surface area contributed by atoms with E-state index in [1.54, 1.807) is 4.99 Å². The Morgan fingerprint density at radius 2 is 2.10 bits per heavy atom. The number of rotatable bonds is 5. The van der Waals surface area contributed by atoms with Crippen molar-refractivity contribution in [1.82, 2.24) is 0 Å². The third-order valence-corrected chi connectivity index (χ3v) is 4.68. The van der Waals surface area contributed by atoms with Crippen LogP contribution in [0.5, 0.6) is 0 Å². The molecule has 2 aliphatic rings. The number of fused-ring (bicyclic) bond motifs is 1. The minimum Gasteiger partial charge on any atom is -0.372 e. The van der Waals surface area contributed by atoms with Gasteiger partial charge in [0.25, 0.3) is 0 Å². The van der Waals surface area contributed by atoms with E-state index >= 15 is 0 Å². The second-order valence-corrected chi connectivity index (χ2v) is 6.53. The topological polar surface area (TPSA) is 18.5 Å². The van der Waals surface area contributed by atoms with Crippen molar-refractivity contribution in [3.63, 3.8) is 0 Å². The Labute approximate surface area is 137 Å². The van der Waals surface area contributed by atoms with E-state index in [0.717, 1.165) is 25.7 Å². The molecule has 2 nitrogen and oxygen atoms in total. The quantitative estimate of drug-likeness (QED) is 0.475.